The van der Waals surface area contributed by atoms with Gasteiger partial charge in [-0.05, 0) is 37.7 Å². The zero-order valence-electron chi connectivity index (χ0n) is 13.0. The van der Waals surface area contributed by atoms with Crippen LogP contribution in [0, 0.1) is 5.92 Å². The summed E-state index contributed by atoms with van der Waals surface area (Å²) in [7, 11) is 0. The highest BCUT2D eigenvalue weighted by Crippen LogP contribution is 2.26. The number of rotatable bonds is 6. The summed E-state index contributed by atoms with van der Waals surface area (Å²) in [6.07, 6.45) is 5.05. The van der Waals surface area contributed by atoms with E-state index in [9.17, 15) is 4.79 Å². The zero-order chi connectivity index (χ0) is 15.2. The van der Waals surface area contributed by atoms with Crippen LogP contribution >= 0.6 is 0 Å². The highest BCUT2D eigenvalue weighted by Gasteiger charge is 2.19. The number of hydrogen-bond donors (Lipinski definition) is 2. The summed E-state index contributed by atoms with van der Waals surface area (Å²) in [5.74, 6) is 0.901. The van der Waals surface area contributed by atoms with Gasteiger partial charge in [-0.3, -0.25) is 4.79 Å². The molecule has 21 heavy (non-hydrogen) atoms. The normalized spacial score (nSPS) is 17.0. The maximum atomic E-state index is 11.9. The Balaban J connectivity index is 1.94. The predicted octanol–water partition coefficient (Wildman–Crippen LogP) is 2.61. The third-order valence-electron chi connectivity index (χ3n) is 4.04. The average molecular weight is 290 g/mol. The molecule has 0 heterocycles. The van der Waals surface area contributed by atoms with Crippen molar-refractivity contribution in [2.24, 2.45) is 11.7 Å². The lowest BCUT2D eigenvalue weighted by Gasteiger charge is -2.18. The Morgan fingerprint density at radius 3 is 2.67 bits per heavy atom. The van der Waals surface area contributed by atoms with E-state index in [0.29, 0.717) is 12.6 Å². The van der Waals surface area contributed by atoms with E-state index in [0.717, 1.165) is 24.2 Å². The number of carbonyl (C=O) groups is 1. The van der Waals surface area contributed by atoms with Crippen molar-refractivity contribution in [1.29, 1.82) is 0 Å². The number of amides is 1. The molecular formula is C17H26N2O2. The van der Waals surface area contributed by atoms with Crippen LogP contribution in [-0.2, 0) is 11.3 Å². The van der Waals surface area contributed by atoms with E-state index < -0.39 is 6.04 Å². The van der Waals surface area contributed by atoms with E-state index in [1.54, 1.807) is 0 Å². The van der Waals surface area contributed by atoms with E-state index in [1.165, 1.54) is 12.8 Å². The minimum Gasteiger partial charge on any atom is -0.490 e. The molecule has 0 unspecified atom stereocenters. The van der Waals surface area contributed by atoms with Crippen molar-refractivity contribution in [2.75, 3.05) is 0 Å². The molecule has 2 rings (SSSR count). The van der Waals surface area contributed by atoms with Gasteiger partial charge in [0.1, 0.15) is 5.75 Å². The Kier molecular flexibility index (Phi) is 5.62. The minimum absolute atomic E-state index is 0.110. The highest BCUT2D eigenvalue weighted by molar-refractivity contribution is 5.81. The number of hydrogen-bond acceptors (Lipinski definition) is 3. The summed E-state index contributed by atoms with van der Waals surface area (Å²) in [4.78, 5) is 11.9. The van der Waals surface area contributed by atoms with Crippen LogP contribution in [0.2, 0.25) is 0 Å². The first kappa shape index (κ1) is 15.8. The second-order valence-corrected chi connectivity index (χ2v) is 6.12. The van der Waals surface area contributed by atoms with Crippen LogP contribution in [0.3, 0.4) is 0 Å². The van der Waals surface area contributed by atoms with Gasteiger partial charge in [-0.1, -0.05) is 32.0 Å². The summed E-state index contributed by atoms with van der Waals surface area (Å²) in [6, 6.07) is 7.43. The highest BCUT2D eigenvalue weighted by atomic mass is 16.5. The Morgan fingerprint density at radius 1 is 1.33 bits per heavy atom. The molecule has 116 valence electrons. The maximum Gasteiger partial charge on any atom is 0.237 e. The molecule has 1 aromatic carbocycles. The Bertz CT molecular complexity index is 468. The fourth-order valence-electron chi connectivity index (χ4n) is 2.55. The van der Waals surface area contributed by atoms with Gasteiger partial charge in [-0.15, -0.1) is 0 Å². The molecule has 0 spiro atoms. The third kappa shape index (κ3) is 4.46. The lowest BCUT2D eigenvalue weighted by atomic mass is 10.0. The van der Waals surface area contributed by atoms with Crippen LogP contribution in [0.4, 0.5) is 0 Å². The molecule has 1 aromatic rings. The standard InChI is InChI=1S/C17H26N2O2/c1-12(2)16(18)17(20)19-11-13-7-3-6-10-15(13)21-14-8-4-5-9-14/h3,6-7,10,12,14,16H,4-5,8-9,11,18H2,1-2H3,(H,19,20)/t16-/m0/s1. The van der Waals surface area contributed by atoms with Gasteiger partial charge in [0.2, 0.25) is 5.91 Å². The molecule has 3 N–H and O–H groups in total. The summed E-state index contributed by atoms with van der Waals surface area (Å²) in [5, 5.41) is 2.90. The van der Waals surface area contributed by atoms with Gasteiger partial charge in [-0.25, -0.2) is 0 Å². The van der Waals surface area contributed by atoms with Crippen LogP contribution < -0.4 is 15.8 Å². The van der Waals surface area contributed by atoms with Crippen LogP contribution in [0.25, 0.3) is 0 Å². The van der Waals surface area contributed by atoms with Gasteiger partial charge in [0.15, 0.2) is 0 Å². The van der Waals surface area contributed by atoms with Crippen molar-refractivity contribution in [3.63, 3.8) is 0 Å². The Hall–Kier alpha value is -1.55. The van der Waals surface area contributed by atoms with Crippen molar-refractivity contribution in [3.05, 3.63) is 29.8 Å². The summed E-state index contributed by atoms with van der Waals surface area (Å²) in [5.41, 5.74) is 6.86. The summed E-state index contributed by atoms with van der Waals surface area (Å²) >= 11 is 0. The monoisotopic (exact) mass is 290 g/mol. The molecule has 1 aliphatic rings. The predicted molar refractivity (Wildman–Crippen MR) is 84.0 cm³/mol. The third-order valence-corrected chi connectivity index (χ3v) is 4.04. The van der Waals surface area contributed by atoms with E-state index in [4.69, 9.17) is 10.5 Å². The molecule has 0 bridgehead atoms. The molecule has 1 aliphatic carbocycles. The van der Waals surface area contributed by atoms with Crippen molar-refractivity contribution < 1.29 is 9.53 Å². The summed E-state index contributed by atoms with van der Waals surface area (Å²) < 4.78 is 6.06. The van der Waals surface area contributed by atoms with Gasteiger partial charge >= 0.3 is 0 Å². The number of benzene rings is 1. The van der Waals surface area contributed by atoms with Gasteiger partial charge in [0.05, 0.1) is 12.1 Å². The smallest absolute Gasteiger partial charge is 0.237 e. The molecular weight excluding hydrogens is 264 g/mol. The van der Waals surface area contributed by atoms with Gasteiger partial charge in [0.25, 0.3) is 0 Å². The lowest BCUT2D eigenvalue weighted by Crippen LogP contribution is -2.43. The first-order valence-corrected chi connectivity index (χ1v) is 7.85. The fraction of sp³-hybridized carbons (Fsp3) is 0.588. The molecule has 4 nitrogen and oxygen atoms in total. The maximum absolute atomic E-state index is 11.9. The minimum atomic E-state index is -0.465. The fourth-order valence-corrected chi connectivity index (χ4v) is 2.55. The van der Waals surface area contributed by atoms with E-state index >= 15 is 0 Å². The molecule has 0 saturated heterocycles. The molecule has 1 saturated carbocycles. The van der Waals surface area contributed by atoms with Crippen LogP contribution in [0.5, 0.6) is 5.75 Å². The van der Waals surface area contributed by atoms with Gasteiger partial charge < -0.3 is 15.8 Å². The first-order valence-electron chi connectivity index (χ1n) is 7.85. The quantitative estimate of drug-likeness (QED) is 0.846. The molecule has 0 radical (unpaired) electrons. The second-order valence-electron chi connectivity index (χ2n) is 6.12. The van der Waals surface area contributed by atoms with Crippen molar-refractivity contribution >= 4 is 5.91 Å². The first-order chi connectivity index (χ1) is 10.1. The number of nitrogens with two attached hydrogens (primary N) is 1. The largest absolute Gasteiger partial charge is 0.490 e. The average Bonchev–Trinajstić information content (AvgIpc) is 2.98. The molecule has 4 heteroatoms. The molecule has 0 aromatic heterocycles. The van der Waals surface area contributed by atoms with Crippen molar-refractivity contribution in [2.45, 2.75) is 58.2 Å². The SMILES string of the molecule is CC(C)[C@H](N)C(=O)NCc1ccccc1OC1CCCC1. The van der Waals surface area contributed by atoms with Crippen LogP contribution in [0.15, 0.2) is 24.3 Å². The summed E-state index contributed by atoms with van der Waals surface area (Å²) in [6.45, 7) is 4.35. The van der Waals surface area contributed by atoms with E-state index in [1.807, 2.05) is 38.1 Å². The molecule has 1 amide bonds. The Morgan fingerprint density at radius 2 is 2.00 bits per heavy atom. The number of ether oxygens (including phenoxy) is 1. The van der Waals surface area contributed by atoms with E-state index in [-0.39, 0.29) is 11.8 Å². The van der Waals surface area contributed by atoms with Crippen molar-refractivity contribution in [1.82, 2.24) is 5.32 Å². The molecule has 0 aliphatic heterocycles. The topological polar surface area (TPSA) is 64.4 Å². The van der Waals surface area contributed by atoms with Crippen molar-refractivity contribution in [3.8, 4) is 5.75 Å². The number of para-hydroxylation sites is 1. The lowest BCUT2D eigenvalue weighted by molar-refractivity contribution is -0.123. The number of carbonyl (C=O) groups excluding carboxylic acids is 1. The second kappa shape index (κ2) is 7.46. The Labute approximate surface area is 127 Å². The zero-order valence-corrected chi connectivity index (χ0v) is 13.0. The van der Waals surface area contributed by atoms with Gasteiger partial charge in [-0.2, -0.15) is 0 Å². The number of nitrogens with one attached hydrogen (secondary N) is 1. The molecule has 1 atom stereocenters. The van der Waals surface area contributed by atoms with Crippen LogP contribution in [-0.4, -0.2) is 18.1 Å². The van der Waals surface area contributed by atoms with Gasteiger partial charge in [0, 0.05) is 12.1 Å². The van der Waals surface area contributed by atoms with E-state index in [2.05, 4.69) is 5.32 Å². The molecule has 1 fully saturated rings. The van der Waals surface area contributed by atoms with Crippen LogP contribution in [0.1, 0.15) is 45.1 Å².